The third-order valence-corrected chi connectivity index (χ3v) is 6.19. The number of hydrogen-bond acceptors (Lipinski definition) is 4. The van der Waals surface area contributed by atoms with Crippen molar-refractivity contribution in [3.63, 3.8) is 0 Å². The highest BCUT2D eigenvalue weighted by Gasteiger charge is 2.59. The molecule has 4 rings (SSSR count). The number of carbonyl (C=O) groups is 3. The number of benzene rings is 2. The van der Waals surface area contributed by atoms with Crippen molar-refractivity contribution in [2.24, 2.45) is 0 Å². The zero-order valence-electron chi connectivity index (χ0n) is 17.7. The summed E-state index contributed by atoms with van der Waals surface area (Å²) in [4.78, 5) is 39.3. The van der Waals surface area contributed by atoms with Gasteiger partial charge in [0.15, 0.2) is 0 Å². The van der Waals surface area contributed by atoms with E-state index in [0.29, 0.717) is 35.0 Å². The van der Waals surface area contributed by atoms with E-state index >= 15 is 0 Å². The van der Waals surface area contributed by atoms with Crippen LogP contribution in [0.15, 0.2) is 54.3 Å². The minimum atomic E-state index is -0.929. The molecule has 2 aliphatic heterocycles. The third kappa shape index (κ3) is 4.12. The number of rotatable bonds is 5. The second-order valence-electron chi connectivity index (χ2n) is 8.17. The zero-order chi connectivity index (χ0) is 23.0. The molecule has 2 aliphatic rings. The molecule has 0 unspecified atom stereocenters. The van der Waals surface area contributed by atoms with Gasteiger partial charge >= 0.3 is 5.97 Å². The normalized spacial score (nSPS) is 22.2. The molecule has 166 valence electrons. The van der Waals surface area contributed by atoms with Gasteiger partial charge in [0.1, 0.15) is 11.3 Å². The maximum atomic E-state index is 13.7. The van der Waals surface area contributed by atoms with Gasteiger partial charge in [0, 0.05) is 49.3 Å². The molecule has 0 spiro atoms. The molecular weight excluding hydrogens is 451 g/mol. The maximum absolute atomic E-state index is 13.7. The maximum Gasteiger partial charge on any atom is 0.307 e. The Labute approximate surface area is 196 Å². The van der Waals surface area contributed by atoms with Crippen LogP contribution in [-0.2, 0) is 25.5 Å². The predicted molar refractivity (Wildman–Crippen MR) is 122 cm³/mol. The molecule has 0 bridgehead atoms. The summed E-state index contributed by atoms with van der Waals surface area (Å²) >= 11 is 12.4. The van der Waals surface area contributed by atoms with Gasteiger partial charge in [-0.25, -0.2) is 0 Å². The predicted octanol–water partition coefficient (Wildman–Crippen LogP) is 4.00. The molecule has 2 aromatic carbocycles. The van der Waals surface area contributed by atoms with Crippen LogP contribution in [0, 0.1) is 0 Å². The Kier molecular flexibility index (Phi) is 6.01. The summed E-state index contributed by atoms with van der Waals surface area (Å²) in [6, 6.07) is 14.2. The fourth-order valence-electron chi connectivity index (χ4n) is 4.74. The van der Waals surface area contributed by atoms with E-state index in [2.05, 4.69) is 5.32 Å². The monoisotopic (exact) mass is 472 g/mol. The largest absolute Gasteiger partial charge is 0.428 e. The van der Waals surface area contributed by atoms with Crippen LogP contribution in [0.4, 0.5) is 0 Å². The lowest BCUT2D eigenvalue weighted by Crippen LogP contribution is -2.45. The minimum Gasteiger partial charge on any atom is -0.428 e. The zero-order valence-corrected chi connectivity index (χ0v) is 19.2. The van der Waals surface area contributed by atoms with Crippen LogP contribution in [-0.4, -0.2) is 40.8 Å². The Bertz CT molecular complexity index is 1110. The highest BCUT2D eigenvalue weighted by atomic mass is 35.5. The molecule has 2 heterocycles. The summed E-state index contributed by atoms with van der Waals surface area (Å²) in [5, 5.41) is 3.65. The summed E-state index contributed by atoms with van der Waals surface area (Å²) in [7, 11) is 0. The van der Waals surface area contributed by atoms with E-state index in [1.807, 2.05) is 30.3 Å². The van der Waals surface area contributed by atoms with Gasteiger partial charge < -0.3 is 15.0 Å². The molecule has 6 nitrogen and oxygen atoms in total. The lowest BCUT2D eigenvalue weighted by molar-refractivity contribution is -0.139. The Hall–Kier alpha value is -2.83. The van der Waals surface area contributed by atoms with Crippen LogP contribution in [0.5, 0.6) is 0 Å². The molecule has 0 saturated carbocycles. The van der Waals surface area contributed by atoms with Crippen LogP contribution in [0.2, 0.25) is 10.0 Å². The smallest absolute Gasteiger partial charge is 0.307 e. The quantitative estimate of drug-likeness (QED) is 0.667. The second-order valence-corrected chi connectivity index (χ2v) is 9.04. The first-order valence-electron chi connectivity index (χ1n) is 10.2. The molecule has 2 aromatic rings. The Morgan fingerprint density at radius 3 is 2.38 bits per heavy atom. The number of nitrogens with zero attached hydrogens (tertiary/aromatic N) is 1. The highest BCUT2D eigenvalue weighted by Crippen LogP contribution is 2.49. The van der Waals surface area contributed by atoms with Gasteiger partial charge in [-0.15, -0.1) is 0 Å². The van der Waals surface area contributed by atoms with Crippen LogP contribution in [0.3, 0.4) is 0 Å². The first kappa shape index (κ1) is 22.4. The molecular formula is C24H22Cl2N2O4. The second kappa shape index (κ2) is 8.60. The van der Waals surface area contributed by atoms with Gasteiger partial charge in [0.25, 0.3) is 5.91 Å². The lowest BCUT2D eigenvalue weighted by atomic mass is 9.85. The lowest BCUT2D eigenvalue weighted by Gasteiger charge is -2.33. The Morgan fingerprint density at radius 1 is 1.12 bits per heavy atom. The van der Waals surface area contributed by atoms with Gasteiger partial charge in [-0.1, -0.05) is 53.5 Å². The molecule has 8 heteroatoms. The fraction of sp³-hybridized carbons (Fsp3) is 0.292. The first-order chi connectivity index (χ1) is 15.2. The van der Waals surface area contributed by atoms with E-state index < -0.39 is 11.5 Å². The molecule has 1 N–H and O–H groups in total. The number of ether oxygens (including phenoxy) is 1. The van der Waals surface area contributed by atoms with Gasteiger partial charge in [0.05, 0.1) is 5.57 Å². The average Bonchev–Trinajstić information content (AvgIpc) is 3.13. The van der Waals surface area contributed by atoms with Gasteiger partial charge in [-0.2, -0.15) is 0 Å². The Morgan fingerprint density at radius 2 is 1.78 bits per heavy atom. The van der Waals surface area contributed by atoms with Gasteiger partial charge in [0.2, 0.25) is 5.91 Å². The number of carbonyl (C=O) groups excluding carboxylic acids is 3. The van der Waals surface area contributed by atoms with E-state index in [0.717, 1.165) is 5.56 Å². The number of halogens is 2. The van der Waals surface area contributed by atoms with Crippen molar-refractivity contribution in [2.75, 3.05) is 6.54 Å². The van der Waals surface area contributed by atoms with Crippen molar-refractivity contribution < 1.29 is 19.1 Å². The summed E-state index contributed by atoms with van der Waals surface area (Å²) in [6.45, 7) is 3.05. The molecule has 32 heavy (non-hydrogen) atoms. The van der Waals surface area contributed by atoms with Crippen LogP contribution >= 0.6 is 23.2 Å². The highest BCUT2D eigenvalue weighted by molar-refractivity contribution is 6.35. The van der Waals surface area contributed by atoms with Crippen molar-refractivity contribution >= 4 is 46.6 Å². The number of amides is 2. The van der Waals surface area contributed by atoms with Gasteiger partial charge in [-0.3, -0.25) is 14.4 Å². The SMILES string of the molecule is CC(=O)N[C@@H]1CN2C(=O)C(c3cc(Cl)cc(Cl)c3)=C(OC(C)=O)[C@]2(Cc2ccccc2)C1. The van der Waals surface area contributed by atoms with Gasteiger partial charge in [-0.05, 0) is 29.3 Å². The molecule has 0 aromatic heterocycles. The Balaban J connectivity index is 1.91. The van der Waals surface area contributed by atoms with E-state index in [1.165, 1.54) is 13.8 Å². The minimum absolute atomic E-state index is 0.182. The third-order valence-electron chi connectivity index (χ3n) is 5.76. The summed E-state index contributed by atoms with van der Waals surface area (Å²) < 4.78 is 5.75. The molecule has 2 amide bonds. The topological polar surface area (TPSA) is 75.7 Å². The van der Waals surface area contributed by atoms with Crippen molar-refractivity contribution in [1.29, 1.82) is 0 Å². The molecule has 1 fully saturated rings. The summed E-state index contributed by atoms with van der Waals surface area (Å²) in [5.74, 6) is -0.734. The molecule has 0 aliphatic carbocycles. The molecule has 2 atom stereocenters. The molecule has 1 saturated heterocycles. The fourth-order valence-corrected chi connectivity index (χ4v) is 5.27. The van der Waals surface area contributed by atoms with E-state index in [9.17, 15) is 14.4 Å². The van der Waals surface area contributed by atoms with Crippen LogP contribution in [0.1, 0.15) is 31.4 Å². The number of nitrogens with one attached hydrogen (secondary N) is 1. The first-order valence-corrected chi connectivity index (χ1v) is 11.0. The summed E-state index contributed by atoms with van der Waals surface area (Å²) in [6.07, 6.45) is 0.837. The van der Waals surface area contributed by atoms with E-state index in [1.54, 1.807) is 23.1 Å². The van der Waals surface area contributed by atoms with Crippen molar-refractivity contribution in [1.82, 2.24) is 10.2 Å². The average molecular weight is 473 g/mol. The number of esters is 1. The standard InChI is InChI=1S/C24H22Cl2N2O4/c1-14(29)27-20-12-24(11-16-6-4-3-5-7-16)22(32-15(2)30)21(23(31)28(24)13-20)17-8-18(25)10-19(26)9-17/h3-10,20H,11-13H2,1-2H3,(H,27,29)/t20-,24-/m0/s1. The van der Waals surface area contributed by atoms with Crippen molar-refractivity contribution in [3.05, 3.63) is 75.5 Å². The van der Waals surface area contributed by atoms with E-state index in [4.69, 9.17) is 27.9 Å². The van der Waals surface area contributed by atoms with Crippen molar-refractivity contribution in [3.8, 4) is 0 Å². The van der Waals surface area contributed by atoms with Crippen molar-refractivity contribution in [2.45, 2.75) is 38.3 Å². The molecule has 0 radical (unpaired) electrons. The van der Waals surface area contributed by atoms with E-state index in [-0.39, 0.29) is 29.2 Å². The van der Waals surface area contributed by atoms with Crippen LogP contribution < -0.4 is 5.32 Å². The number of hydrogen-bond donors (Lipinski definition) is 1. The van der Waals surface area contributed by atoms with Crippen LogP contribution in [0.25, 0.3) is 5.57 Å². The summed E-state index contributed by atoms with van der Waals surface area (Å²) in [5.41, 5.74) is 0.800. The number of fused-ring (bicyclic) bond motifs is 1.